The van der Waals surface area contributed by atoms with Crippen LogP contribution in [0.3, 0.4) is 0 Å². The van der Waals surface area contributed by atoms with E-state index in [-0.39, 0.29) is 6.09 Å². The van der Waals surface area contributed by atoms with E-state index in [4.69, 9.17) is 4.74 Å². The standard InChI is InChI=1S/C16H32N2O2/c1-12(2)10-17-14(13-8-6-7-9-13)11-18-15(19)20-16(3,4)5/h12-14,17H,6-11H2,1-5H3,(H,18,19). The lowest BCUT2D eigenvalue weighted by Gasteiger charge is -2.27. The summed E-state index contributed by atoms with van der Waals surface area (Å²) in [6.07, 6.45) is 4.86. The minimum Gasteiger partial charge on any atom is -0.444 e. The van der Waals surface area contributed by atoms with Crippen LogP contribution in [0.4, 0.5) is 4.79 Å². The van der Waals surface area contributed by atoms with E-state index >= 15 is 0 Å². The molecule has 0 aromatic carbocycles. The Bertz CT molecular complexity index is 291. The van der Waals surface area contributed by atoms with Gasteiger partial charge in [-0.2, -0.15) is 0 Å². The van der Waals surface area contributed by atoms with Gasteiger partial charge in [-0.05, 0) is 52.0 Å². The number of alkyl carbamates (subject to hydrolysis) is 1. The van der Waals surface area contributed by atoms with Gasteiger partial charge in [0.2, 0.25) is 0 Å². The molecule has 0 bridgehead atoms. The summed E-state index contributed by atoms with van der Waals surface area (Å²) in [7, 11) is 0. The summed E-state index contributed by atoms with van der Waals surface area (Å²) in [5.74, 6) is 1.31. The van der Waals surface area contributed by atoms with E-state index in [1.165, 1.54) is 25.7 Å². The number of hydrogen-bond donors (Lipinski definition) is 2. The monoisotopic (exact) mass is 284 g/mol. The molecule has 1 amide bonds. The molecule has 1 fully saturated rings. The molecule has 0 spiro atoms. The highest BCUT2D eigenvalue weighted by Crippen LogP contribution is 2.27. The Morgan fingerprint density at radius 1 is 1.20 bits per heavy atom. The molecular weight excluding hydrogens is 252 g/mol. The minimum absolute atomic E-state index is 0.313. The van der Waals surface area contributed by atoms with Gasteiger partial charge in [-0.1, -0.05) is 26.7 Å². The molecule has 0 radical (unpaired) electrons. The molecule has 1 aliphatic carbocycles. The fourth-order valence-electron chi connectivity index (χ4n) is 2.66. The molecule has 0 aromatic rings. The Hall–Kier alpha value is -0.770. The Kier molecular flexibility index (Phi) is 6.80. The van der Waals surface area contributed by atoms with Crippen LogP contribution in [0.25, 0.3) is 0 Å². The van der Waals surface area contributed by atoms with Gasteiger partial charge in [-0.3, -0.25) is 0 Å². The Balaban J connectivity index is 2.41. The zero-order chi connectivity index (χ0) is 15.2. The van der Waals surface area contributed by atoms with Gasteiger partial charge in [0.1, 0.15) is 5.60 Å². The molecule has 1 rings (SSSR count). The Morgan fingerprint density at radius 3 is 2.30 bits per heavy atom. The van der Waals surface area contributed by atoms with Crippen molar-refractivity contribution in [1.29, 1.82) is 0 Å². The molecule has 0 heterocycles. The Labute approximate surface area is 124 Å². The van der Waals surface area contributed by atoms with Gasteiger partial charge in [-0.15, -0.1) is 0 Å². The van der Waals surface area contributed by atoms with Crippen molar-refractivity contribution >= 4 is 6.09 Å². The molecule has 2 N–H and O–H groups in total. The predicted molar refractivity (Wildman–Crippen MR) is 82.8 cm³/mol. The summed E-state index contributed by atoms with van der Waals surface area (Å²) in [6, 6.07) is 0.368. The predicted octanol–water partition coefficient (Wildman–Crippen LogP) is 3.32. The first-order valence-electron chi connectivity index (χ1n) is 7.98. The largest absolute Gasteiger partial charge is 0.444 e. The second kappa shape index (κ2) is 7.87. The minimum atomic E-state index is -0.432. The topological polar surface area (TPSA) is 50.4 Å². The lowest BCUT2D eigenvalue weighted by molar-refractivity contribution is 0.0518. The summed E-state index contributed by atoms with van der Waals surface area (Å²) >= 11 is 0. The van der Waals surface area contributed by atoms with Crippen molar-refractivity contribution in [2.45, 2.75) is 71.9 Å². The third kappa shape index (κ3) is 7.13. The van der Waals surface area contributed by atoms with Crippen LogP contribution >= 0.6 is 0 Å². The number of rotatable bonds is 6. The molecule has 0 aliphatic heterocycles. The van der Waals surface area contributed by atoms with Crippen LogP contribution in [-0.4, -0.2) is 30.8 Å². The van der Waals surface area contributed by atoms with E-state index in [1.54, 1.807) is 0 Å². The van der Waals surface area contributed by atoms with E-state index in [9.17, 15) is 4.79 Å². The lowest BCUT2D eigenvalue weighted by Crippen LogP contribution is -2.47. The van der Waals surface area contributed by atoms with E-state index in [0.29, 0.717) is 24.4 Å². The normalized spacial score (nSPS) is 18.3. The number of nitrogens with one attached hydrogen (secondary N) is 2. The number of carbonyl (C=O) groups excluding carboxylic acids is 1. The van der Waals surface area contributed by atoms with Crippen LogP contribution in [0.2, 0.25) is 0 Å². The van der Waals surface area contributed by atoms with Crippen LogP contribution in [0, 0.1) is 11.8 Å². The number of carbonyl (C=O) groups is 1. The molecule has 0 saturated heterocycles. The average Bonchev–Trinajstić information content (AvgIpc) is 2.79. The SMILES string of the molecule is CC(C)CNC(CNC(=O)OC(C)(C)C)C1CCCC1. The zero-order valence-corrected chi connectivity index (χ0v) is 13.8. The molecule has 1 atom stereocenters. The van der Waals surface area contributed by atoms with Gasteiger partial charge < -0.3 is 15.4 Å². The summed E-state index contributed by atoms with van der Waals surface area (Å²) in [6.45, 7) is 11.7. The quantitative estimate of drug-likeness (QED) is 0.786. The smallest absolute Gasteiger partial charge is 0.407 e. The molecule has 1 saturated carbocycles. The number of ether oxygens (including phenoxy) is 1. The van der Waals surface area contributed by atoms with Crippen molar-refractivity contribution in [2.75, 3.05) is 13.1 Å². The first-order chi connectivity index (χ1) is 9.28. The van der Waals surface area contributed by atoms with E-state index in [1.807, 2.05) is 20.8 Å². The maximum atomic E-state index is 11.8. The molecule has 0 aromatic heterocycles. The van der Waals surface area contributed by atoms with Gasteiger partial charge in [-0.25, -0.2) is 4.79 Å². The molecule has 1 unspecified atom stereocenters. The molecule has 118 valence electrons. The highest BCUT2D eigenvalue weighted by Gasteiger charge is 2.26. The van der Waals surface area contributed by atoms with Gasteiger partial charge in [0.05, 0.1) is 0 Å². The highest BCUT2D eigenvalue weighted by molar-refractivity contribution is 5.67. The molecule has 4 heteroatoms. The second-order valence-corrected chi connectivity index (χ2v) is 7.34. The third-order valence-corrected chi connectivity index (χ3v) is 3.62. The summed E-state index contributed by atoms with van der Waals surface area (Å²) in [4.78, 5) is 11.8. The van der Waals surface area contributed by atoms with Gasteiger partial charge in [0.15, 0.2) is 0 Å². The van der Waals surface area contributed by atoms with Crippen LogP contribution in [-0.2, 0) is 4.74 Å². The van der Waals surface area contributed by atoms with Crippen molar-refractivity contribution < 1.29 is 9.53 Å². The summed E-state index contributed by atoms with van der Waals surface area (Å²) < 4.78 is 5.30. The van der Waals surface area contributed by atoms with Crippen molar-refractivity contribution in [1.82, 2.24) is 10.6 Å². The van der Waals surface area contributed by atoms with Gasteiger partial charge >= 0.3 is 6.09 Å². The Morgan fingerprint density at radius 2 is 1.80 bits per heavy atom. The highest BCUT2D eigenvalue weighted by atomic mass is 16.6. The lowest BCUT2D eigenvalue weighted by atomic mass is 9.97. The fraction of sp³-hybridized carbons (Fsp3) is 0.938. The van der Waals surface area contributed by atoms with Crippen molar-refractivity contribution in [3.05, 3.63) is 0 Å². The van der Waals surface area contributed by atoms with Gasteiger partial charge in [0, 0.05) is 12.6 Å². The molecular formula is C16H32N2O2. The first kappa shape index (κ1) is 17.3. The average molecular weight is 284 g/mol. The molecule has 20 heavy (non-hydrogen) atoms. The van der Waals surface area contributed by atoms with Crippen LogP contribution < -0.4 is 10.6 Å². The zero-order valence-electron chi connectivity index (χ0n) is 13.8. The van der Waals surface area contributed by atoms with Gasteiger partial charge in [0.25, 0.3) is 0 Å². The van der Waals surface area contributed by atoms with Crippen LogP contribution in [0.5, 0.6) is 0 Å². The first-order valence-corrected chi connectivity index (χ1v) is 7.98. The van der Waals surface area contributed by atoms with Crippen molar-refractivity contribution in [3.8, 4) is 0 Å². The second-order valence-electron chi connectivity index (χ2n) is 7.34. The maximum absolute atomic E-state index is 11.8. The fourth-order valence-corrected chi connectivity index (χ4v) is 2.66. The van der Waals surface area contributed by atoms with Crippen LogP contribution in [0.15, 0.2) is 0 Å². The third-order valence-electron chi connectivity index (χ3n) is 3.62. The summed E-state index contributed by atoms with van der Waals surface area (Å²) in [5.41, 5.74) is -0.432. The van der Waals surface area contributed by atoms with Crippen molar-refractivity contribution in [2.24, 2.45) is 11.8 Å². The number of hydrogen-bond acceptors (Lipinski definition) is 3. The number of amides is 1. The molecule has 1 aliphatic rings. The van der Waals surface area contributed by atoms with E-state index in [2.05, 4.69) is 24.5 Å². The van der Waals surface area contributed by atoms with Crippen LogP contribution in [0.1, 0.15) is 60.3 Å². The van der Waals surface area contributed by atoms with E-state index < -0.39 is 5.60 Å². The molecule has 4 nitrogen and oxygen atoms in total. The maximum Gasteiger partial charge on any atom is 0.407 e. The van der Waals surface area contributed by atoms with Crippen molar-refractivity contribution in [3.63, 3.8) is 0 Å². The van der Waals surface area contributed by atoms with E-state index in [0.717, 1.165) is 6.54 Å². The summed E-state index contributed by atoms with van der Waals surface area (Å²) in [5, 5.41) is 6.53.